The van der Waals surface area contributed by atoms with Gasteiger partial charge >= 0.3 is 0 Å². The Morgan fingerprint density at radius 2 is 2.24 bits per heavy atom. The Balaban J connectivity index is 2.01. The van der Waals surface area contributed by atoms with Gasteiger partial charge in [0.25, 0.3) is 5.91 Å². The summed E-state index contributed by atoms with van der Waals surface area (Å²) in [7, 11) is 0. The molecule has 1 aromatic heterocycles. The van der Waals surface area contributed by atoms with E-state index in [-0.39, 0.29) is 11.8 Å². The fourth-order valence-electron chi connectivity index (χ4n) is 2.73. The Kier molecular flexibility index (Phi) is 5.51. The molecular formula is C16H25N3OS. The van der Waals surface area contributed by atoms with Crippen molar-refractivity contribution in [3.63, 3.8) is 0 Å². The Bertz CT molecular complexity index is 504. The lowest BCUT2D eigenvalue weighted by atomic mass is 10.1. The summed E-state index contributed by atoms with van der Waals surface area (Å²) < 4.78 is 0. The van der Waals surface area contributed by atoms with Gasteiger partial charge in [0.1, 0.15) is 5.82 Å². The molecule has 4 nitrogen and oxygen atoms in total. The van der Waals surface area contributed by atoms with Crippen molar-refractivity contribution in [2.75, 3.05) is 11.5 Å². The first kappa shape index (κ1) is 16.1. The van der Waals surface area contributed by atoms with E-state index >= 15 is 0 Å². The number of carbonyl (C=O) groups is 1. The third kappa shape index (κ3) is 4.37. The minimum Gasteiger partial charge on any atom is -0.384 e. The van der Waals surface area contributed by atoms with E-state index in [1.165, 1.54) is 6.42 Å². The van der Waals surface area contributed by atoms with Crippen LogP contribution in [0.4, 0.5) is 5.82 Å². The normalized spacial score (nSPS) is 21.7. The maximum absolute atomic E-state index is 12.4. The van der Waals surface area contributed by atoms with Gasteiger partial charge in [-0.15, -0.1) is 0 Å². The number of nitrogens with zero attached hydrogens (tertiary/aromatic N) is 1. The summed E-state index contributed by atoms with van der Waals surface area (Å²) >= 11 is 1.99. The lowest BCUT2D eigenvalue weighted by Crippen LogP contribution is -2.33. The van der Waals surface area contributed by atoms with Crippen LogP contribution in [0.15, 0.2) is 12.1 Å². The Morgan fingerprint density at radius 3 is 2.90 bits per heavy atom. The molecule has 1 aliphatic carbocycles. The number of pyridine rings is 1. The van der Waals surface area contributed by atoms with Gasteiger partial charge < -0.3 is 11.1 Å². The molecule has 0 radical (unpaired) electrons. The second-order valence-corrected chi connectivity index (χ2v) is 7.50. The maximum Gasteiger partial charge on any atom is 0.251 e. The fourth-order valence-corrected chi connectivity index (χ4v) is 3.87. The van der Waals surface area contributed by atoms with Gasteiger partial charge in [-0.2, -0.15) is 11.8 Å². The molecule has 0 aromatic carbocycles. The quantitative estimate of drug-likeness (QED) is 0.876. The van der Waals surface area contributed by atoms with Crippen molar-refractivity contribution < 1.29 is 4.79 Å². The van der Waals surface area contributed by atoms with E-state index in [4.69, 9.17) is 5.73 Å². The zero-order chi connectivity index (χ0) is 15.4. The standard InChI is InChI=1S/C16H25N3OS/c1-4-21-13-6-5-12(9-13)18-16(20)11-7-14(10(2)3)19-15(17)8-11/h7-8,10,12-13H,4-6,9H2,1-3H3,(H2,17,19)(H,18,20). The minimum absolute atomic E-state index is 0.0295. The minimum atomic E-state index is -0.0295. The van der Waals surface area contributed by atoms with E-state index in [0.29, 0.717) is 22.7 Å². The molecular weight excluding hydrogens is 282 g/mol. The van der Waals surface area contributed by atoms with Gasteiger partial charge in [0, 0.05) is 22.5 Å². The summed E-state index contributed by atoms with van der Waals surface area (Å²) in [6.07, 6.45) is 3.34. The molecule has 116 valence electrons. The zero-order valence-electron chi connectivity index (χ0n) is 13.1. The Morgan fingerprint density at radius 1 is 1.48 bits per heavy atom. The van der Waals surface area contributed by atoms with Crippen molar-refractivity contribution in [1.29, 1.82) is 0 Å². The van der Waals surface area contributed by atoms with E-state index < -0.39 is 0 Å². The molecule has 0 spiro atoms. The summed E-state index contributed by atoms with van der Waals surface area (Å²) in [5, 5.41) is 3.83. The number of anilines is 1. The number of aromatic nitrogens is 1. The van der Waals surface area contributed by atoms with Crippen LogP contribution in [0.5, 0.6) is 0 Å². The molecule has 2 atom stereocenters. The number of thioether (sulfide) groups is 1. The number of nitrogens with two attached hydrogens (primary N) is 1. The smallest absolute Gasteiger partial charge is 0.251 e. The van der Waals surface area contributed by atoms with Crippen molar-refractivity contribution >= 4 is 23.5 Å². The average Bonchev–Trinajstić information content (AvgIpc) is 2.85. The Labute approximate surface area is 131 Å². The maximum atomic E-state index is 12.4. The van der Waals surface area contributed by atoms with E-state index in [1.54, 1.807) is 6.07 Å². The van der Waals surface area contributed by atoms with Crippen molar-refractivity contribution in [3.8, 4) is 0 Å². The number of carbonyl (C=O) groups excluding carboxylic acids is 1. The van der Waals surface area contributed by atoms with Crippen LogP contribution in [0.1, 0.15) is 62.0 Å². The largest absolute Gasteiger partial charge is 0.384 e. The monoisotopic (exact) mass is 307 g/mol. The predicted octanol–water partition coefficient (Wildman–Crippen LogP) is 3.19. The molecule has 3 N–H and O–H groups in total. The summed E-state index contributed by atoms with van der Waals surface area (Å²) in [4.78, 5) is 16.7. The Hall–Kier alpha value is -1.23. The lowest BCUT2D eigenvalue weighted by Gasteiger charge is -2.14. The van der Waals surface area contributed by atoms with Crippen LogP contribution >= 0.6 is 11.8 Å². The molecule has 1 heterocycles. The van der Waals surface area contributed by atoms with Crippen LogP contribution in [-0.4, -0.2) is 27.9 Å². The predicted molar refractivity (Wildman–Crippen MR) is 89.8 cm³/mol. The number of nitrogen functional groups attached to an aromatic ring is 1. The van der Waals surface area contributed by atoms with Crippen molar-refractivity contribution in [2.24, 2.45) is 0 Å². The SMILES string of the molecule is CCSC1CCC(NC(=O)c2cc(N)nc(C(C)C)c2)C1. The highest BCUT2D eigenvalue weighted by Gasteiger charge is 2.26. The highest BCUT2D eigenvalue weighted by molar-refractivity contribution is 7.99. The van der Waals surface area contributed by atoms with Crippen molar-refractivity contribution in [1.82, 2.24) is 10.3 Å². The van der Waals surface area contributed by atoms with Gasteiger partial charge in [0.05, 0.1) is 0 Å². The summed E-state index contributed by atoms with van der Waals surface area (Å²) in [5.41, 5.74) is 7.30. The van der Waals surface area contributed by atoms with Gasteiger partial charge in [0.2, 0.25) is 0 Å². The second kappa shape index (κ2) is 7.16. The number of hydrogen-bond donors (Lipinski definition) is 2. The summed E-state index contributed by atoms with van der Waals surface area (Å²) in [5.74, 6) is 1.79. The number of rotatable bonds is 5. The molecule has 1 saturated carbocycles. The molecule has 1 fully saturated rings. The number of nitrogens with one attached hydrogen (secondary N) is 1. The van der Waals surface area contributed by atoms with E-state index in [1.807, 2.05) is 31.7 Å². The summed E-state index contributed by atoms with van der Waals surface area (Å²) in [6, 6.07) is 3.80. The highest BCUT2D eigenvalue weighted by atomic mass is 32.2. The van der Waals surface area contributed by atoms with Crippen LogP contribution < -0.4 is 11.1 Å². The molecule has 1 aromatic rings. The van der Waals surface area contributed by atoms with E-state index in [2.05, 4.69) is 17.2 Å². The molecule has 21 heavy (non-hydrogen) atoms. The molecule has 0 bridgehead atoms. The number of amides is 1. The van der Waals surface area contributed by atoms with Gasteiger partial charge in [-0.25, -0.2) is 4.98 Å². The highest BCUT2D eigenvalue weighted by Crippen LogP contribution is 2.29. The van der Waals surface area contributed by atoms with E-state index in [0.717, 1.165) is 24.3 Å². The zero-order valence-corrected chi connectivity index (χ0v) is 13.9. The van der Waals surface area contributed by atoms with Crippen LogP contribution in [0.3, 0.4) is 0 Å². The second-order valence-electron chi connectivity index (χ2n) is 5.92. The van der Waals surface area contributed by atoms with Gasteiger partial charge in [-0.05, 0) is 43.1 Å². The fraction of sp³-hybridized carbons (Fsp3) is 0.625. The average molecular weight is 307 g/mol. The molecule has 0 aliphatic heterocycles. The number of hydrogen-bond acceptors (Lipinski definition) is 4. The molecule has 2 rings (SSSR count). The third-order valence-corrected chi connectivity index (χ3v) is 5.07. The van der Waals surface area contributed by atoms with Crippen LogP contribution in [0.25, 0.3) is 0 Å². The van der Waals surface area contributed by atoms with Gasteiger partial charge in [-0.3, -0.25) is 4.79 Å². The summed E-state index contributed by atoms with van der Waals surface area (Å²) in [6.45, 7) is 6.28. The van der Waals surface area contributed by atoms with Crippen LogP contribution in [-0.2, 0) is 0 Å². The lowest BCUT2D eigenvalue weighted by molar-refractivity contribution is 0.0938. The topological polar surface area (TPSA) is 68.0 Å². The van der Waals surface area contributed by atoms with Gasteiger partial charge in [-0.1, -0.05) is 20.8 Å². The van der Waals surface area contributed by atoms with Crippen LogP contribution in [0, 0.1) is 0 Å². The van der Waals surface area contributed by atoms with Crippen molar-refractivity contribution in [3.05, 3.63) is 23.4 Å². The first-order chi connectivity index (χ1) is 9.99. The third-order valence-electron chi connectivity index (χ3n) is 3.84. The van der Waals surface area contributed by atoms with Gasteiger partial charge in [0.15, 0.2) is 0 Å². The first-order valence-corrected chi connectivity index (χ1v) is 8.74. The van der Waals surface area contributed by atoms with Crippen LogP contribution in [0.2, 0.25) is 0 Å². The first-order valence-electron chi connectivity index (χ1n) is 7.69. The molecule has 1 amide bonds. The molecule has 1 aliphatic rings. The molecule has 2 unspecified atom stereocenters. The molecule has 0 saturated heterocycles. The van der Waals surface area contributed by atoms with E-state index in [9.17, 15) is 4.79 Å². The molecule has 5 heteroatoms. The van der Waals surface area contributed by atoms with Crippen molar-refractivity contribution in [2.45, 2.75) is 57.2 Å².